The van der Waals surface area contributed by atoms with Crippen LogP contribution in [0.1, 0.15) is 24.1 Å². The van der Waals surface area contributed by atoms with Crippen LogP contribution in [-0.4, -0.2) is 0 Å². The van der Waals surface area contributed by atoms with E-state index >= 15 is 0 Å². The summed E-state index contributed by atoms with van der Waals surface area (Å²) in [4.78, 5) is 0. The predicted molar refractivity (Wildman–Crippen MR) is 77.5 cm³/mol. The molecule has 0 aromatic heterocycles. The molecule has 0 bridgehead atoms. The summed E-state index contributed by atoms with van der Waals surface area (Å²) >= 11 is 3.40. The maximum atomic E-state index is 13.7. The second kappa shape index (κ2) is 6.17. The molecule has 0 spiro atoms. The third kappa shape index (κ3) is 3.55. The number of hydrogen-bond acceptors (Lipinski definition) is 2. The molecular weight excluding hydrogens is 309 g/mol. The van der Waals surface area contributed by atoms with Crippen LogP contribution in [0, 0.1) is 5.82 Å². The highest BCUT2D eigenvalue weighted by molar-refractivity contribution is 9.10. The van der Waals surface area contributed by atoms with Crippen LogP contribution in [0.25, 0.3) is 0 Å². The van der Waals surface area contributed by atoms with Crippen molar-refractivity contribution in [1.82, 2.24) is 0 Å². The van der Waals surface area contributed by atoms with Crippen molar-refractivity contribution in [3.63, 3.8) is 0 Å². The van der Waals surface area contributed by atoms with Crippen molar-refractivity contribution in [3.05, 3.63) is 63.9 Å². The summed E-state index contributed by atoms with van der Waals surface area (Å²) in [6, 6.07) is 12.1. The first-order chi connectivity index (χ1) is 9.08. The van der Waals surface area contributed by atoms with E-state index in [0.717, 1.165) is 10.0 Å². The minimum absolute atomic E-state index is 0.332. The Morgan fingerprint density at radius 2 is 2.00 bits per heavy atom. The van der Waals surface area contributed by atoms with Crippen molar-refractivity contribution in [1.29, 1.82) is 0 Å². The van der Waals surface area contributed by atoms with Crippen molar-refractivity contribution in [3.8, 4) is 5.75 Å². The van der Waals surface area contributed by atoms with Gasteiger partial charge in [-0.15, -0.1) is 0 Å². The van der Waals surface area contributed by atoms with Crippen molar-refractivity contribution in [2.75, 3.05) is 0 Å². The minimum atomic E-state index is -0.404. The smallest absolute Gasteiger partial charge is 0.131 e. The zero-order valence-electron chi connectivity index (χ0n) is 10.6. The van der Waals surface area contributed by atoms with Gasteiger partial charge in [0.2, 0.25) is 0 Å². The molecule has 0 saturated carbocycles. The van der Waals surface area contributed by atoms with Gasteiger partial charge in [0.25, 0.3) is 0 Å². The Labute approximate surface area is 120 Å². The topological polar surface area (TPSA) is 35.2 Å². The van der Waals surface area contributed by atoms with Crippen LogP contribution >= 0.6 is 15.9 Å². The zero-order valence-corrected chi connectivity index (χ0v) is 12.2. The molecule has 0 amide bonds. The molecule has 0 fully saturated rings. The molecule has 2 rings (SSSR count). The first-order valence-corrected chi connectivity index (χ1v) is 6.78. The Bertz CT molecular complexity index is 572. The first-order valence-electron chi connectivity index (χ1n) is 5.99. The maximum absolute atomic E-state index is 13.7. The van der Waals surface area contributed by atoms with Crippen molar-refractivity contribution < 1.29 is 9.13 Å². The summed E-state index contributed by atoms with van der Waals surface area (Å²) in [6.45, 7) is 2.12. The molecule has 100 valence electrons. The van der Waals surface area contributed by atoms with E-state index in [-0.39, 0.29) is 5.82 Å². The van der Waals surface area contributed by atoms with Crippen molar-refractivity contribution >= 4 is 15.9 Å². The summed E-state index contributed by atoms with van der Waals surface area (Å²) in [5, 5.41) is 0. The molecule has 0 radical (unpaired) electrons. The van der Waals surface area contributed by atoms with E-state index in [1.54, 1.807) is 19.1 Å². The molecule has 0 aliphatic carbocycles. The molecular formula is C15H15BrFNO. The van der Waals surface area contributed by atoms with Gasteiger partial charge >= 0.3 is 0 Å². The third-order valence-electron chi connectivity index (χ3n) is 2.75. The monoisotopic (exact) mass is 323 g/mol. The Balaban J connectivity index is 2.18. The molecule has 0 saturated heterocycles. The van der Waals surface area contributed by atoms with Gasteiger partial charge in [0, 0.05) is 16.1 Å². The number of rotatable bonds is 4. The summed E-state index contributed by atoms with van der Waals surface area (Å²) < 4.78 is 20.4. The van der Waals surface area contributed by atoms with Gasteiger partial charge in [0.1, 0.15) is 18.2 Å². The van der Waals surface area contributed by atoms with Crippen LogP contribution in [0.15, 0.2) is 46.9 Å². The van der Waals surface area contributed by atoms with Gasteiger partial charge in [-0.05, 0) is 36.8 Å². The molecule has 19 heavy (non-hydrogen) atoms. The molecule has 1 unspecified atom stereocenters. The van der Waals surface area contributed by atoms with Gasteiger partial charge < -0.3 is 10.5 Å². The molecule has 0 aliphatic heterocycles. The Kier molecular flexibility index (Phi) is 4.56. The largest absolute Gasteiger partial charge is 0.488 e. The van der Waals surface area contributed by atoms with E-state index in [4.69, 9.17) is 10.5 Å². The van der Waals surface area contributed by atoms with Gasteiger partial charge in [-0.3, -0.25) is 0 Å². The average molecular weight is 324 g/mol. The highest BCUT2D eigenvalue weighted by Gasteiger charge is 2.13. The van der Waals surface area contributed by atoms with Crippen molar-refractivity contribution in [2.45, 2.75) is 19.6 Å². The number of ether oxygens (including phenoxy) is 1. The molecule has 1 atom stereocenters. The van der Waals surface area contributed by atoms with E-state index in [1.165, 1.54) is 6.07 Å². The summed E-state index contributed by atoms with van der Waals surface area (Å²) in [5.41, 5.74) is 7.20. The number of nitrogens with two attached hydrogens (primary N) is 1. The van der Waals surface area contributed by atoms with E-state index < -0.39 is 6.04 Å². The van der Waals surface area contributed by atoms with Gasteiger partial charge in [-0.1, -0.05) is 34.1 Å². The Morgan fingerprint density at radius 3 is 2.68 bits per heavy atom. The van der Waals surface area contributed by atoms with Crippen molar-refractivity contribution in [2.24, 2.45) is 5.73 Å². The Hall–Kier alpha value is -1.39. The SMILES string of the molecule is CC(N)c1c(F)cccc1OCc1cccc(Br)c1. The molecule has 4 heteroatoms. The summed E-state index contributed by atoms with van der Waals surface area (Å²) in [7, 11) is 0. The minimum Gasteiger partial charge on any atom is -0.488 e. The second-order valence-electron chi connectivity index (χ2n) is 4.36. The van der Waals surface area contributed by atoms with Gasteiger partial charge in [0.15, 0.2) is 0 Å². The summed E-state index contributed by atoms with van der Waals surface area (Å²) in [5.74, 6) is 0.164. The quantitative estimate of drug-likeness (QED) is 0.915. The van der Waals surface area contributed by atoms with Gasteiger partial charge in [-0.2, -0.15) is 0 Å². The van der Waals surface area contributed by atoms with E-state index in [9.17, 15) is 4.39 Å². The second-order valence-corrected chi connectivity index (χ2v) is 5.27. The standard InChI is InChI=1S/C15H15BrFNO/c1-10(18)15-13(17)6-3-7-14(15)19-9-11-4-2-5-12(16)8-11/h2-8,10H,9,18H2,1H3. The van der Waals surface area contributed by atoms with Crippen LogP contribution in [0.4, 0.5) is 4.39 Å². The fourth-order valence-corrected chi connectivity index (χ4v) is 2.32. The van der Waals surface area contributed by atoms with Crippen LogP contribution < -0.4 is 10.5 Å². The van der Waals surface area contributed by atoms with Gasteiger partial charge in [-0.25, -0.2) is 4.39 Å². The highest BCUT2D eigenvalue weighted by Crippen LogP contribution is 2.27. The average Bonchev–Trinajstić information content (AvgIpc) is 2.36. The molecule has 2 aromatic carbocycles. The lowest BCUT2D eigenvalue weighted by Gasteiger charge is -2.14. The normalized spacial score (nSPS) is 12.2. The maximum Gasteiger partial charge on any atom is 0.131 e. The van der Waals surface area contributed by atoms with E-state index in [1.807, 2.05) is 24.3 Å². The molecule has 2 nitrogen and oxygen atoms in total. The van der Waals surface area contributed by atoms with Crippen LogP contribution in [0.2, 0.25) is 0 Å². The third-order valence-corrected chi connectivity index (χ3v) is 3.24. The molecule has 2 N–H and O–H groups in total. The Morgan fingerprint density at radius 1 is 1.26 bits per heavy atom. The lowest BCUT2D eigenvalue weighted by Crippen LogP contribution is -2.10. The fourth-order valence-electron chi connectivity index (χ4n) is 1.87. The van der Waals surface area contributed by atoms with Gasteiger partial charge in [0.05, 0.1) is 0 Å². The number of halogens is 2. The van der Waals surface area contributed by atoms with E-state index in [0.29, 0.717) is 17.9 Å². The lowest BCUT2D eigenvalue weighted by molar-refractivity contribution is 0.299. The highest BCUT2D eigenvalue weighted by atomic mass is 79.9. The zero-order chi connectivity index (χ0) is 13.8. The lowest BCUT2D eigenvalue weighted by atomic mass is 10.1. The molecule has 2 aromatic rings. The van der Waals surface area contributed by atoms with Crippen LogP contribution in [0.5, 0.6) is 5.75 Å². The predicted octanol–water partition coefficient (Wildman–Crippen LogP) is 4.19. The molecule has 0 aliphatic rings. The fraction of sp³-hybridized carbons (Fsp3) is 0.200. The first kappa shape index (κ1) is 14.0. The number of benzene rings is 2. The number of hydrogen-bond donors (Lipinski definition) is 1. The van der Waals surface area contributed by atoms with Crippen LogP contribution in [-0.2, 0) is 6.61 Å². The van der Waals surface area contributed by atoms with Crippen LogP contribution in [0.3, 0.4) is 0 Å². The van der Waals surface area contributed by atoms with E-state index in [2.05, 4.69) is 15.9 Å². The summed E-state index contributed by atoms with van der Waals surface area (Å²) in [6.07, 6.45) is 0. The molecule has 0 heterocycles.